The Hall–Kier alpha value is -2.70. The Morgan fingerprint density at radius 2 is 2.07 bits per heavy atom. The van der Waals surface area contributed by atoms with Crippen molar-refractivity contribution in [2.45, 2.75) is 40.3 Å². The molecular formula is C23H25N3O2S. The number of thiophene rings is 1. The van der Waals surface area contributed by atoms with Gasteiger partial charge in [-0.3, -0.25) is 9.59 Å². The zero-order chi connectivity index (χ0) is 20.5. The number of carbonyl (C=O) groups excluding carboxylic acids is 1. The van der Waals surface area contributed by atoms with Crippen LogP contribution in [0.2, 0.25) is 0 Å². The third-order valence-electron chi connectivity index (χ3n) is 5.59. The van der Waals surface area contributed by atoms with E-state index in [0.29, 0.717) is 11.1 Å². The van der Waals surface area contributed by atoms with E-state index in [4.69, 9.17) is 0 Å². The number of hydrogen-bond donors (Lipinski definition) is 3. The highest BCUT2D eigenvalue weighted by Crippen LogP contribution is 2.36. The predicted molar refractivity (Wildman–Crippen MR) is 118 cm³/mol. The lowest BCUT2D eigenvalue weighted by Gasteiger charge is -2.20. The molecule has 0 saturated carbocycles. The number of rotatable bonds is 4. The lowest BCUT2D eigenvalue weighted by molar-refractivity contribution is 0.0950. The fourth-order valence-corrected chi connectivity index (χ4v) is 5.14. The minimum Gasteiger partial charge on any atom is -0.348 e. The smallest absolute Gasteiger partial charge is 0.253 e. The van der Waals surface area contributed by atoms with E-state index in [-0.39, 0.29) is 18.0 Å². The maximum atomic E-state index is 12.8. The van der Waals surface area contributed by atoms with Gasteiger partial charge in [-0.1, -0.05) is 18.2 Å². The zero-order valence-corrected chi connectivity index (χ0v) is 17.8. The van der Waals surface area contributed by atoms with Crippen LogP contribution in [-0.2, 0) is 19.5 Å². The Kier molecular flexibility index (Phi) is 5.39. The van der Waals surface area contributed by atoms with E-state index in [0.717, 1.165) is 41.2 Å². The SMILES string of the molecule is Cc1cc(C)c(CNC(=O)c2csc(-c3cccc4c3CCNC4)c2C)c(=O)[nH]1. The van der Waals surface area contributed by atoms with Crippen LogP contribution in [0.4, 0.5) is 0 Å². The van der Waals surface area contributed by atoms with E-state index in [2.05, 4.69) is 33.8 Å². The second kappa shape index (κ2) is 7.97. The van der Waals surface area contributed by atoms with Crippen molar-refractivity contribution in [3.05, 3.63) is 79.1 Å². The first-order valence-corrected chi connectivity index (χ1v) is 10.7. The summed E-state index contributed by atoms with van der Waals surface area (Å²) in [5.74, 6) is -0.143. The molecule has 3 aromatic rings. The molecule has 0 radical (unpaired) electrons. The highest BCUT2D eigenvalue weighted by atomic mass is 32.1. The number of H-pyrrole nitrogens is 1. The number of nitrogens with one attached hydrogen (secondary N) is 3. The molecule has 5 nitrogen and oxygen atoms in total. The molecule has 3 N–H and O–H groups in total. The number of benzene rings is 1. The summed E-state index contributed by atoms with van der Waals surface area (Å²) in [7, 11) is 0. The highest BCUT2D eigenvalue weighted by Gasteiger charge is 2.20. The molecule has 1 aromatic carbocycles. The Bertz CT molecular complexity index is 1140. The summed E-state index contributed by atoms with van der Waals surface area (Å²) >= 11 is 1.61. The van der Waals surface area contributed by atoms with E-state index in [1.807, 2.05) is 32.2 Å². The van der Waals surface area contributed by atoms with Gasteiger partial charge in [-0.25, -0.2) is 0 Å². The summed E-state index contributed by atoms with van der Waals surface area (Å²) in [6, 6.07) is 8.33. The Morgan fingerprint density at radius 1 is 1.24 bits per heavy atom. The average molecular weight is 408 g/mol. The highest BCUT2D eigenvalue weighted by molar-refractivity contribution is 7.14. The molecule has 3 heterocycles. The van der Waals surface area contributed by atoms with Gasteiger partial charge in [0.25, 0.3) is 11.5 Å². The summed E-state index contributed by atoms with van der Waals surface area (Å²) in [5, 5.41) is 8.26. The van der Waals surface area contributed by atoms with Gasteiger partial charge in [0.15, 0.2) is 0 Å². The summed E-state index contributed by atoms with van der Waals surface area (Å²) in [6.07, 6.45) is 1.000. The first-order valence-electron chi connectivity index (χ1n) is 9.83. The topological polar surface area (TPSA) is 74.0 Å². The number of pyridine rings is 1. The van der Waals surface area contributed by atoms with E-state index in [1.54, 1.807) is 11.3 Å². The summed E-state index contributed by atoms with van der Waals surface area (Å²) < 4.78 is 0. The van der Waals surface area contributed by atoms with Gasteiger partial charge in [0.2, 0.25) is 0 Å². The van der Waals surface area contributed by atoms with Gasteiger partial charge in [0.1, 0.15) is 0 Å². The first kappa shape index (κ1) is 19.6. The van der Waals surface area contributed by atoms with Crippen molar-refractivity contribution in [1.82, 2.24) is 15.6 Å². The number of amides is 1. The van der Waals surface area contributed by atoms with Gasteiger partial charge >= 0.3 is 0 Å². The minimum atomic E-state index is -0.143. The number of carbonyl (C=O) groups is 1. The lowest BCUT2D eigenvalue weighted by Crippen LogP contribution is -2.28. The third-order valence-corrected chi connectivity index (χ3v) is 6.70. The normalized spacial score (nSPS) is 13.2. The van der Waals surface area contributed by atoms with Crippen molar-refractivity contribution in [3.63, 3.8) is 0 Å². The summed E-state index contributed by atoms with van der Waals surface area (Å²) in [4.78, 5) is 29.0. The minimum absolute atomic E-state index is 0.143. The van der Waals surface area contributed by atoms with Crippen LogP contribution in [0.15, 0.2) is 34.4 Å². The van der Waals surface area contributed by atoms with Crippen LogP contribution in [0.5, 0.6) is 0 Å². The van der Waals surface area contributed by atoms with Crippen LogP contribution in [0.1, 0.15) is 43.9 Å². The fraction of sp³-hybridized carbons (Fsp3) is 0.304. The van der Waals surface area contributed by atoms with Gasteiger partial charge in [-0.2, -0.15) is 0 Å². The molecule has 0 spiro atoms. The standard InChI is InChI=1S/C23H25N3O2S/c1-13-9-14(2)26-23(28)19(13)11-25-22(27)20-12-29-21(15(20)3)18-6-4-5-16-10-24-8-7-17(16)18/h4-6,9,12,24H,7-8,10-11H2,1-3H3,(H,25,27)(H,26,28). The van der Waals surface area contributed by atoms with Crippen molar-refractivity contribution in [1.29, 1.82) is 0 Å². The molecule has 150 valence electrons. The molecule has 29 heavy (non-hydrogen) atoms. The van der Waals surface area contributed by atoms with Crippen LogP contribution in [0.3, 0.4) is 0 Å². The Balaban J connectivity index is 1.58. The van der Waals surface area contributed by atoms with E-state index in [1.165, 1.54) is 16.7 Å². The predicted octanol–water partition coefficient (Wildman–Crippen LogP) is 3.60. The lowest BCUT2D eigenvalue weighted by atomic mass is 9.93. The number of aromatic amines is 1. The molecule has 0 fully saturated rings. The van der Waals surface area contributed by atoms with Gasteiger partial charge in [-0.15, -0.1) is 11.3 Å². The van der Waals surface area contributed by atoms with Crippen LogP contribution < -0.4 is 16.2 Å². The maximum absolute atomic E-state index is 12.8. The number of aromatic nitrogens is 1. The van der Waals surface area contributed by atoms with Gasteiger partial charge in [0.05, 0.1) is 5.56 Å². The number of aryl methyl sites for hydroxylation is 2. The Morgan fingerprint density at radius 3 is 2.86 bits per heavy atom. The third kappa shape index (κ3) is 3.78. The van der Waals surface area contributed by atoms with Crippen LogP contribution in [0, 0.1) is 20.8 Å². The molecule has 6 heteroatoms. The molecule has 1 aliphatic rings. The average Bonchev–Trinajstić information content (AvgIpc) is 3.08. The second-order valence-electron chi connectivity index (χ2n) is 7.60. The van der Waals surface area contributed by atoms with E-state index in [9.17, 15) is 9.59 Å². The number of hydrogen-bond acceptors (Lipinski definition) is 4. The molecule has 0 atom stereocenters. The monoisotopic (exact) mass is 407 g/mol. The molecule has 1 amide bonds. The van der Waals surface area contributed by atoms with Crippen molar-refractivity contribution in [2.24, 2.45) is 0 Å². The molecule has 4 rings (SSSR count). The summed E-state index contributed by atoms with van der Waals surface area (Å²) in [6.45, 7) is 7.84. The second-order valence-corrected chi connectivity index (χ2v) is 8.48. The molecule has 2 aromatic heterocycles. The van der Waals surface area contributed by atoms with E-state index >= 15 is 0 Å². The molecule has 0 aliphatic carbocycles. The van der Waals surface area contributed by atoms with Crippen LogP contribution >= 0.6 is 11.3 Å². The van der Waals surface area contributed by atoms with Crippen molar-refractivity contribution in [2.75, 3.05) is 6.54 Å². The molecule has 0 bridgehead atoms. The van der Waals surface area contributed by atoms with Gasteiger partial charge in [-0.05, 0) is 67.6 Å². The van der Waals surface area contributed by atoms with Crippen LogP contribution in [0.25, 0.3) is 10.4 Å². The molecule has 1 aliphatic heterocycles. The van der Waals surface area contributed by atoms with E-state index < -0.39 is 0 Å². The van der Waals surface area contributed by atoms with Crippen molar-refractivity contribution < 1.29 is 4.79 Å². The van der Waals surface area contributed by atoms with Crippen molar-refractivity contribution in [3.8, 4) is 10.4 Å². The summed E-state index contributed by atoms with van der Waals surface area (Å²) in [5.41, 5.74) is 7.78. The zero-order valence-electron chi connectivity index (χ0n) is 16.9. The molecule has 0 unspecified atom stereocenters. The fourth-order valence-electron chi connectivity index (χ4n) is 4.02. The van der Waals surface area contributed by atoms with Gasteiger partial charge in [0, 0.05) is 34.6 Å². The number of fused-ring (bicyclic) bond motifs is 1. The van der Waals surface area contributed by atoms with Gasteiger partial charge < -0.3 is 15.6 Å². The quantitative estimate of drug-likeness (QED) is 0.619. The first-order chi connectivity index (χ1) is 14.0. The molecule has 0 saturated heterocycles. The largest absolute Gasteiger partial charge is 0.348 e. The molecular weight excluding hydrogens is 382 g/mol. The Labute approximate surface area is 174 Å². The van der Waals surface area contributed by atoms with Crippen LogP contribution in [-0.4, -0.2) is 17.4 Å². The maximum Gasteiger partial charge on any atom is 0.253 e. The van der Waals surface area contributed by atoms with Crippen molar-refractivity contribution >= 4 is 17.2 Å².